The zero-order valence-corrected chi connectivity index (χ0v) is 20.1. The van der Waals surface area contributed by atoms with Gasteiger partial charge in [-0.05, 0) is 69.2 Å². The van der Waals surface area contributed by atoms with Crippen LogP contribution in [0.25, 0.3) is 5.69 Å². The van der Waals surface area contributed by atoms with Gasteiger partial charge in [0.2, 0.25) is 0 Å². The number of alkyl halides is 2. The van der Waals surface area contributed by atoms with Crippen LogP contribution in [-0.2, 0) is 10.3 Å². The van der Waals surface area contributed by atoms with Crippen LogP contribution in [0.4, 0.5) is 18.0 Å². The summed E-state index contributed by atoms with van der Waals surface area (Å²) in [7, 11) is 0. The number of aryl methyl sites for hydroxylation is 2. The predicted molar refractivity (Wildman–Crippen MR) is 125 cm³/mol. The molecule has 4 rings (SSSR count). The third-order valence-corrected chi connectivity index (χ3v) is 6.38. The Labute approximate surface area is 205 Å². The highest BCUT2D eigenvalue weighted by Crippen LogP contribution is 2.31. The van der Waals surface area contributed by atoms with Crippen molar-refractivity contribution >= 4 is 17.7 Å². The van der Waals surface area contributed by atoms with Gasteiger partial charge < -0.3 is 14.6 Å². The Kier molecular flexibility index (Phi) is 6.38. The summed E-state index contributed by atoms with van der Waals surface area (Å²) in [4.78, 5) is 39.9. The van der Waals surface area contributed by atoms with E-state index in [4.69, 9.17) is 0 Å². The van der Waals surface area contributed by atoms with Crippen molar-refractivity contribution in [2.24, 2.45) is 0 Å². The van der Waals surface area contributed by atoms with E-state index in [1.54, 1.807) is 43.5 Å². The molecule has 2 aromatic carbocycles. The number of carbonyl (C=O) groups excluding carboxylic acids is 3. The number of urea groups is 1. The second-order valence-electron chi connectivity index (χ2n) is 8.83. The topological polar surface area (TPSA) is 80.6 Å². The van der Waals surface area contributed by atoms with Crippen molar-refractivity contribution in [1.29, 1.82) is 0 Å². The van der Waals surface area contributed by atoms with Crippen LogP contribution in [0.15, 0.2) is 48.5 Å². The zero-order valence-electron chi connectivity index (χ0n) is 20.1. The van der Waals surface area contributed by atoms with Gasteiger partial charge in [0, 0.05) is 22.6 Å². The van der Waals surface area contributed by atoms with Gasteiger partial charge >= 0.3 is 12.6 Å². The number of ether oxygens (including phenoxy) is 1. The third-order valence-electron chi connectivity index (χ3n) is 6.38. The molecule has 0 radical (unpaired) electrons. The summed E-state index contributed by atoms with van der Waals surface area (Å²) < 4.78 is 45.0. The molecule has 0 spiro atoms. The van der Waals surface area contributed by atoms with Crippen molar-refractivity contribution < 1.29 is 32.3 Å². The Morgan fingerprint density at radius 3 is 2.33 bits per heavy atom. The van der Waals surface area contributed by atoms with E-state index >= 15 is 0 Å². The van der Waals surface area contributed by atoms with Crippen LogP contribution in [0.2, 0.25) is 0 Å². The summed E-state index contributed by atoms with van der Waals surface area (Å²) in [5.41, 5.74) is 1.44. The van der Waals surface area contributed by atoms with E-state index < -0.39 is 36.4 Å². The van der Waals surface area contributed by atoms with E-state index in [1.807, 2.05) is 0 Å². The largest absolute Gasteiger partial charge is 0.435 e. The molecule has 0 bridgehead atoms. The molecule has 0 saturated carbocycles. The van der Waals surface area contributed by atoms with Crippen LogP contribution in [0, 0.1) is 26.6 Å². The van der Waals surface area contributed by atoms with Crippen LogP contribution in [0.1, 0.15) is 39.8 Å². The van der Waals surface area contributed by atoms with Gasteiger partial charge in [0.15, 0.2) is 5.78 Å². The lowest BCUT2D eigenvalue weighted by Crippen LogP contribution is -2.41. The summed E-state index contributed by atoms with van der Waals surface area (Å²) in [5, 5.41) is 2.58. The lowest BCUT2D eigenvalue weighted by molar-refractivity contribution is -0.130. The van der Waals surface area contributed by atoms with Gasteiger partial charge in [-0.2, -0.15) is 8.78 Å². The maximum absolute atomic E-state index is 14.1. The predicted octanol–water partition coefficient (Wildman–Crippen LogP) is 4.79. The fourth-order valence-electron chi connectivity index (χ4n) is 4.40. The first kappa shape index (κ1) is 25.0. The Bertz CT molecular complexity index is 1370. The molecule has 1 atom stereocenters. The minimum Gasteiger partial charge on any atom is -0.435 e. The number of ketones is 1. The summed E-state index contributed by atoms with van der Waals surface area (Å²) in [6.45, 7) is 3.11. The van der Waals surface area contributed by atoms with Crippen molar-refractivity contribution in [3.8, 4) is 11.4 Å². The quantitative estimate of drug-likeness (QED) is 0.374. The van der Waals surface area contributed by atoms with E-state index in [-0.39, 0.29) is 11.6 Å². The van der Waals surface area contributed by atoms with E-state index in [1.165, 1.54) is 37.3 Å². The highest BCUT2D eigenvalue weighted by atomic mass is 19.3. The number of amides is 3. The minimum absolute atomic E-state index is 0.0926. The average Bonchev–Trinajstić information content (AvgIpc) is 3.23. The van der Waals surface area contributed by atoms with Crippen LogP contribution in [0.3, 0.4) is 0 Å². The molecule has 10 heteroatoms. The van der Waals surface area contributed by atoms with Crippen LogP contribution in [0.5, 0.6) is 5.75 Å². The van der Waals surface area contributed by atoms with Crippen LogP contribution < -0.4 is 10.1 Å². The van der Waals surface area contributed by atoms with Crippen molar-refractivity contribution in [1.82, 2.24) is 14.8 Å². The number of benzene rings is 2. The number of Topliss-reactive ketones (excluding diaryl/α,β-unsaturated/α-hetero) is 1. The van der Waals surface area contributed by atoms with Gasteiger partial charge in [-0.1, -0.05) is 18.2 Å². The molecule has 1 fully saturated rings. The Morgan fingerprint density at radius 1 is 1.06 bits per heavy atom. The lowest BCUT2D eigenvalue weighted by atomic mass is 9.92. The van der Waals surface area contributed by atoms with Crippen molar-refractivity contribution in [3.63, 3.8) is 0 Å². The van der Waals surface area contributed by atoms with Crippen molar-refractivity contribution in [2.45, 2.75) is 39.8 Å². The number of carbonyl (C=O) groups is 3. The first-order chi connectivity index (χ1) is 16.9. The van der Waals surface area contributed by atoms with Crippen molar-refractivity contribution in [3.05, 3.63) is 82.4 Å². The Balaban J connectivity index is 1.57. The second-order valence-corrected chi connectivity index (χ2v) is 8.83. The molecular weight excluding hydrogens is 475 g/mol. The van der Waals surface area contributed by atoms with Crippen LogP contribution in [-0.4, -0.2) is 40.3 Å². The monoisotopic (exact) mass is 499 g/mol. The maximum Gasteiger partial charge on any atom is 0.387 e. The molecule has 1 saturated heterocycles. The van der Waals surface area contributed by atoms with Gasteiger partial charge in [0.25, 0.3) is 5.91 Å². The first-order valence-corrected chi connectivity index (χ1v) is 11.1. The molecule has 1 unspecified atom stereocenters. The fraction of sp³-hybridized carbons (Fsp3) is 0.269. The number of aromatic nitrogens is 1. The van der Waals surface area contributed by atoms with Gasteiger partial charge in [0.1, 0.15) is 17.1 Å². The number of imide groups is 1. The standard InChI is InChI=1S/C26H24F3N3O4/c1-14-5-8-18(12-21(14)27)32-15(2)11-20(16(32)3)22(33)13-31-23(34)26(4,30-25(31)35)17-6-9-19(10-7-17)36-24(28)29/h5-12,24H,13H2,1-4H3,(H,30,35). The molecule has 1 aliphatic rings. The third kappa shape index (κ3) is 4.34. The number of nitrogens with one attached hydrogen (secondary N) is 1. The SMILES string of the molecule is Cc1ccc(-n2c(C)cc(C(=O)CN3C(=O)NC(C)(c4ccc(OC(F)F)cc4)C3=O)c2C)cc1F. The second kappa shape index (κ2) is 9.18. The lowest BCUT2D eigenvalue weighted by Gasteiger charge is -2.22. The highest BCUT2D eigenvalue weighted by molar-refractivity contribution is 6.11. The maximum atomic E-state index is 14.1. The number of halogens is 3. The van der Waals surface area contributed by atoms with E-state index in [0.29, 0.717) is 33.8 Å². The van der Waals surface area contributed by atoms with Gasteiger partial charge in [-0.15, -0.1) is 0 Å². The number of rotatable bonds is 7. The van der Waals surface area contributed by atoms with Crippen molar-refractivity contribution in [2.75, 3.05) is 6.54 Å². The van der Waals surface area contributed by atoms with E-state index in [2.05, 4.69) is 10.1 Å². The normalized spacial score (nSPS) is 17.6. The fourth-order valence-corrected chi connectivity index (χ4v) is 4.40. The van der Waals surface area contributed by atoms with Gasteiger partial charge in [0.05, 0.1) is 6.54 Å². The molecule has 36 heavy (non-hydrogen) atoms. The van der Waals surface area contributed by atoms with E-state index in [0.717, 1.165) is 4.90 Å². The summed E-state index contributed by atoms with van der Waals surface area (Å²) >= 11 is 0. The summed E-state index contributed by atoms with van der Waals surface area (Å²) in [5.74, 6) is -1.58. The van der Waals surface area contributed by atoms with E-state index in [9.17, 15) is 27.6 Å². The summed E-state index contributed by atoms with van der Waals surface area (Å²) in [6.07, 6.45) is 0. The molecule has 3 amide bonds. The van der Waals surface area contributed by atoms with Gasteiger partial charge in [-0.25, -0.2) is 9.18 Å². The number of hydrogen-bond acceptors (Lipinski definition) is 4. The molecule has 0 aliphatic carbocycles. The Morgan fingerprint density at radius 2 is 1.72 bits per heavy atom. The first-order valence-electron chi connectivity index (χ1n) is 11.1. The molecule has 188 valence electrons. The molecule has 1 aromatic heterocycles. The summed E-state index contributed by atoms with van der Waals surface area (Å²) in [6, 6.07) is 11.0. The molecule has 2 heterocycles. The highest BCUT2D eigenvalue weighted by Gasteiger charge is 2.49. The molecule has 1 aliphatic heterocycles. The van der Waals surface area contributed by atoms with Gasteiger partial charge in [-0.3, -0.25) is 14.5 Å². The van der Waals surface area contributed by atoms with Crippen LogP contribution >= 0.6 is 0 Å². The molecule has 7 nitrogen and oxygen atoms in total. The molecule has 3 aromatic rings. The molecular formula is C26H24F3N3O4. The number of nitrogens with zero attached hydrogens (tertiary/aromatic N) is 2. The smallest absolute Gasteiger partial charge is 0.387 e. The number of hydrogen-bond donors (Lipinski definition) is 1. The average molecular weight is 499 g/mol. The Hall–Kier alpha value is -4.08. The molecule has 1 N–H and O–H groups in total. The minimum atomic E-state index is -2.99. The zero-order chi connectivity index (χ0) is 26.4.